The number of hydrogen-bond donors (Lipinski definition) is 4. The first-order valence-corrected chi connectivity index (χ1v) is 4.34. The van der Waals surface area contributed by atoms with Gasteiger partial charge in [0.25, 0.3) is 5.91 Å². The Labute approximate surface area is 86.3 Å². The third-order valence-corrected chi connectivity index (χ3v) is 2.18. The first-order valence-electron chi connectivity index (χ1n) is 4.34. The number of nitrogens with zero attached hydrogens (tertiary/aromatic N) is 1. The van der Waals surface area contributed by atoms with Crippen molar-refractivity contribution >= 4 is 24.6 Å². The number of amides is 1. The van der Waals surface area contributed by atoms with Crippen LogP contribution < -0.4 is 22.1 Å². The van der Waals surface area contributed by atoms with Gasteiger partial charge in [0.2, 0.25) is 0 Å². The van der Waals surface area contributed by atoms with Crippen molar-refractivity contribution in [3.63, 3.8) is 0 Å². The Hall–Kier alpha value is -1.86. The lowest BCUT2D eigenvalue weighted by molar-refractivity contribution is 0.0953. The molecule has 0 aromatic heterocycles. The standard InChI is InChI=1S/C8H9BN4O2/c10-12-8(14)5-1-2-7-6(3-5)4-11-13-9(7)15/h1-4,13,15H,10H2,(H,12,14). The molecule has 0 bridgehead atoms. The fraction of sp³-hybridized carbons (Fsp3) is 0. The molecule has 1 aliphatic heterocycles. The molecule has 0 aliphatic carbocycles. The van der Waals surface area contributed by atoms with E-state index in [9.17, 15) is 9.82 Å². The van der Waals surface area contributed by atoms with Gasteiger partial charge in [-0.15, -0.1) is 0 Å². The van der Waals surface area contributed by atoms with Crippen LogP contribution in [0.1, 0.15) is 15.9 Å². The molecule has 1 aromatic carbocycles. The van der Waals surface area contributed by atoms with Crippen molar-refractivity contribution in [2.75, 3.05) is 0 Å². The lowest BCUT2D eigenvalue weighted by atomic mass is 9.71. The molecule has 0 unspecified atom stereocenters. The van der Waals surface area contributed by atoms with E-state index in [1.165, 1.54) is 6.21 Å². The van der Waals surface area contributed by atoms with Crippen molar-refractivity contribution in [2.45, 2.75) is 0 Å². The molecule has 0 saturated heterocycles. The summed E-state index contributed by atoms with van der Waals surface area (Å²) in [6.45, 7) is 0. The molecule has 6 nitrogen and oxygen atoms in total. The molecule has 7 heteroatoms. The van der Waals surface area contributed by atoms with Crippen LogP contribution >= 0.6 is 0 Å². The van der Waals surface area contributed by atoms with Crippen molar-refractivity contribution in [3.8, 4) is 0 Å². The van der Waals surface area contributed by atoms with Crippen LogP contribution in [-0.2, 0) is 0 Å². The van der Waals surface area contributed by atoms with Gasteiger partial charge >= 0.3 is 7.05 Å². The van der Waals surface area contributed by atoms with Gasteiger partial charge in [0, 0.05) is 5.56 Å². The monoisotopic (exact) mass is 204 g/mol. The molecule has 0 atom stereocenters. The molecular weight excluding hydrogens is 195 g/mol. The number of rotatable bonds is 1. The second-order valence-corrected chi connectivity index (χ2v) is 3.11. The largest absolute Gasteiger partial charge is 0.464 e. The highest BCUT2D eigenvalue weighted by Gasteiger charge is 2.21. The van der Waals surface area contributed by atoms with Crippen molar-refractivity contribution in [1.82, 2.24) is 10.8 Å². The zero-order valence-corrected chi connectivity index (χ0v) is 7.77. The van der Waals surface area contributed by atoms with Gasteiger partial charge in [0.1, 0.15) is 0 Å². The van der Waals surface area contributed by atoms with Gasteiger partial charge < -0.3 is 10.4 Å². The van der Waals surface area contributed by atoms with Crippen molar-refractivity contribution in [1.29, 1.82) is 0 Å². The number of hydrazone groups is 1. The predicted octanol–water partition coefficient (Wildman–Crippen LogP) is -2.09. The molecule has 1 heterocycles. The number of nitrogens with one attached hydrogen (secondary N) is 2. The molecule has 0 saturated carbocycles. The summed E-state index contributed by atoms with van der Waals surface area (Å²) < 4.78 is 0. The Kier molecular flexibility index (Phi) is 2.40. The SMILES string of the molecule is NNC(=O)c1ccc2c(c1)C=NNB2O. The van der Waals surface area contributed by atoms with E-state index >= 15 is 0 Å². The zero-order chi connectivity index (χ0) is 10.8. The maximum atomic E-state index is 11.2. The van der Waals surface area contributed by atoms with E-state index in [4.69, 9.17) is 5.84 Å². The van der Waals surface area contributed by atoms with E-state index in [1.54, 1.807) is 18.2 Å². The summed E-state index contributed by atoms with van der Waals surface area (Å²) in [6.07, 6.45) is 1.54. The first kappa shape index (κ1) is 9.69. The fourth-order valence-electron chi connectivity index (χ4n) is 1.41. The maximum absolute atomic E-state index is 11.2. The van der Waals surface area contributed by atoms with E-state index in [0.717, 1.165) is 0 Å². The van der Waals surface area contributed by atoms with Crippen LogP contribution in [0.25, 0.3) is 0 Å². The average Bonchev–Trinajstić information content (AvgIpc) is 2.28. The van der Waals surface area contributed by atoms with Gasteiger partial charge in [0.15, 0.2) is 0 Å². The summed E-state index contributed by atoms with van der Waals surface area (Å²) in [4.78, 5) is 11.2. The van der Waals surface area contributed by atoms with Gasteiger partial charge in [-0.2, -0.15) is 5.10 Å². The second kappa shape index (κ2) is 3.72. The van der Waals surface area contributed by atoms with Gasteiger partial charge in [0.05, 0.1) is 6.21 Å². The quantitative estimate of drug-likeness (QED) is 0.182. The minimum Gasteiger partial charge on any atom is -0.428 e. The molecular formula is C8H9BN4O2. The van der Waals surface area contributed by atoms with Gasteiger partial charge in [-0.05, 0) is 23.2 Å². The molecule has 5 N–H and O–H groups in total. The summed E-state index contributed by atoms with van der Waals surface area (Å²) in [6, 6.07) is 4.86. The minimum atomic E-state index is -0.833. The smallest absolute Gasteiger partial charge is 0.428 e. The number of nitrogens with two attached hydrogens (primary N) is 1. The van der Waals surface area contributed by atoms with Crippen LogP contribution in [0.5, 0.6) is 0 Å². The summed E-state index contributed by atoms with van der Waals surface area (Å²) in [5.74, 6) is 4.64. The highest BCUT2D eigenvalue weighted by molar-refractivity contribution is 6.65. The van der Waals surface area contributed by atoms with Crippen molar-refractivity contribution < 1.29 is 9.82 Å². The third kappa shape index (κ3) is 1.70. The topological polar surface area (TPSA) is 99.7 Å². The van der Waals surface area contributed by atoms with Crippen LogP contribution in [0.15, 0.2) is 23.3 Å². The summed E-state index contributed by atoms with van der Waals surface area (Å²) >= 11 is 0. The van der Waals surface area contributed by atoms with E-state index < -0.39 is 7.05 Å². The Morgan fingerprint density at radius 2 is 2.40 bits per heavy atom. The molecule has 76 valence electrons. The Morgan fingerprint density at radius 1 is 1.60 bits per heavy atom. The molecule has 1 amide bonds. The van der Waals surface area contributed by atoms with Crippen molar-refractivity contribution in [3.05, 3.63) is 29.3 Å². The van der Waals surface area contributed by atoms with Crippen LogP contribution in [0.3, 0.4) is 0 Å². The van der Waals surface area contributed by atoms with E-state index in [-0.39, 0.29) is 5.91 Å². The molecule has 0 fully saturated rings. The Bertz CT molecular complexity index is 435. The number of hydrogen-bond acceptors (Lipinski definition) is 5. The zero-order valence-electron chi connectivity index (χ0n) is 7.77. The highest BCUT2D eigenvalue weighted by atomic mass is 16.2. The highest BCUT2D eigenvalue weighted by Crippen LogP contribution is 2.03. The first-order chi connectivity index (χ1) is 7.22. The molecule has 15 heavy (non-hydrogen) atoms. The Morgan fingerprint density at radius 3 is 3.13 bits per heavy atom. The Balaban J connectivity index is 2.43. The van der Waals surface area contributed by atoms with E-state index in [2.05, 4.69) is 10.4 Å². The lowest BCUT2D eigenvalue weighted by Gasteiger charge is -2.14. The van der Waals surface area contributed by atoms with Gasteiger partial charge in [-0.3, -0.25) is 10.2 Å². The van der Waals surface area contributed by atoms with Crippen LogP contribution in [0, 0.1) is 0 Å². The van der Waals surface area contributed by atoms with Crippen molar-refractivity contribution in [2.24, 2.45) is 10.9 Å². The molecule has 1 aromatic rings. The second-order valence-electron chi connectivity index (χ2n) is 3.11. The lowest BCUT2D eigenvalue weighted by Crippen LogP contribution is -2.47. The number of fused-ring (bicyclic) bond motifs is 1. The molecule has 0 radical (unpaired) electrons. The number of hydrazine groups is 1. The normalized spacial score (nSPS) is 13.1. The summed E-state index contributed by atoms with van der Waals surface area (Å²) in [5.41, 5.74) is 3.84. The molecule has 0 spiro atoms. The van der Waals surface area contributed by atoms with Crippen LogP contribution in [0.2, 0.25) is 0 Å². The summed E-state index contributed by atoms with van der Waals surface area (Å²) in [5, 5.41) is 15.7. The van der Waals surface area contributed by atoms with Crippen LogP contribution in [0.4, 0.5) is 0 Å². The fourth-order valence-corrected chi connectivity index (χ4v) is 1.41. The molecule has 1 aliphatic rings. The van der Waals surface area contributed by atoms with E-state index in [1.807, 2.05) is 5.43 Å². The predicted molar refractivity (Wildman–Crippen MR) is 56.4 cm³/mol. The third-order valence-electron chi connectivity index (χ3n) is 2.18. The van der Waals surface area contributed by atoms with Gasteiger partial charge in [-0.1, -0.05) is 6.07 Å². The van der Waals surface area contributed by atoms with E-state index in [0.29, 0.717) is 16.6 Å². The number of nitrogen functional groups attached to an aromatic ring is 1. The maximum Gasteiger partial charge on any atom is 0.464 e. The number of carbonyl (C=O) groups is 1. The summed E-state index contributed by atoms with van der Waals surface area (Å²) in [7, 11) is -0.833. The number of carbonyl (C=O) groups excluding carboxylic acids is 1. The van der Waals surface area contributed by atoms with Crippen LogP contribution in [-0.4, -0.2) is 24.2 Å². The van der Waals surface area contributed by atoms with Gasteiger partial charge in [-0.25, -0.2) is 5.84 Å². The number of benzene rings is 1. The minimum absolute atomic E-state index is 0.376. The molecule has 2 rings (SSSR count). The average molecular weight is 204 g/mol.